The van der Waals surface area contributed by atoms with E-state index in [1.807, 2.05) is 0 Å². The number of ether oxygens (including phenoxy) is 1. The van der Waals surface area contributed by atoms with Crippen LogP contribution in [0.3, 0.4) is 0 Å². The van der Waals surface area contributed by atoms with Crippen molar-refractivity contribution >= 4 is 17.4 Å². The summed E-state index contributed by atoms with van der Waals surface area (Å²) in [6.07, 6.45) is 3.89. The molecule has 0 radical (unpaired) electrons. The molecular weight excluding hydrogens is 372 g/mol. The molecule has 8 nitrogen and oxygen atoms in total. The van der Waals surface area contributed by atoms with Gasteiger partial charge in [0, 0.05) is 55.4 Å². The van der Waals surface area contributed by atoms with Crippen LogP contribution in [-0.4, -0.2) is 40.4 Å². The maximum atomic E-state index is 12.0. The molecule has 0 saturated carbocycles. The Kier molecular flexibility index (Phi) is 6.59. The van der Waals surface area contributed by atoms with E-state index in [1.54, 1.807) is 55.9 Å². The van der Waals surface area contributed by atoms with E-state index in [4.69, 9.17) is 4.74 Å². The Morgan fingerprint density at radius 1 is 1.07 bits per heavy atom. The van der Waals surface area contributed by atoms with E-state index in [0.717, 1.165) is 5.56 Å². The van der Waals surface area contributed by atoms with Crippen LogP contribution in [0.25, 0.3) is 22.6 Å². The second kappa shape index (κ2) is 9.52. The minimum Gasteiger partial charge on any atom is -0.385 e. The molecular formula is C21H20N4O4. The maximum absolute atomic E-state index is 12.0. The number of amides is 1. The molecule has 0 spiro atoms. The molecule has 0 saturated heterocycles. The van der Waals surface area contributed by atoms with Gasteiger partial charge in [0.2, 0.25) is 5.78 Å². The van der Waals surface area contributed by atoms with Crippen LogP contribution in [0.15, 0.2) is 59.7 Å². The van der Waals surface area contributed by atoms with Gasteiger partial charge in [-0.25, -0.2) is 4.98 Å². The molecule has 3 rings (SSSR count). The van der Waals surface area contributed by atoms with Gasteiger partial charge in [-0.05, 0) is 42.8 Å². The molecule has 0 fully saturated rings. The number of ketones is 1. The highest BCUT2D eigenvalue weighted by molar-refractivity contribution is 6.40. The standard InChI is InChI=1S/C21H20N4O4/c1-29-12-2-3-18(26)21(28)23-16-6-4-15(5-7-16)20-24-17(13-19(27)25-20)14-8-10-22-11-9-14/h4-11,13H,2-3,12H2,1H3,(H,23,28)(H,24,25,27). The van der Waals surface area contributed by atoms with Crippen molar-refractivity contribution in [2.75, 3.05) is 19.0 Å². The van der Waals surface area contributed by atoms with Gasteiger partial charge in [0.05, 0.1) is 5.69 Å². The molecule has 2 aromatic heterocycles. The van der Waals surface area contributed by atoms with Crippen molar-refractivity contribution in [1.29, 1.82) is 0 Å². The summed E-state index contributed by atoms with van der Waals surface area (Å²) in [4.78, 5) is 46.9. The number of nitrogens with one attached hydrogen (secondary N) is 2. The van der Waals surface area contributed by atoms with Crippen molar-refractivity contribution in [3.8, 4) is 22.6 Å². The van der Waals surface area contributed by atoms with Gasteiger partial charge in [0.1, 0.15) is 5.82 Å². The topological polar surface area (TPSA) is 114 Å². The smallest absolute Gasteiger partial charge is 0.291 e. The quantitative estimate of drug-likeness (QED) is 0.450. The van der Waals surface area contributed by atoms with E-state index in [1.165, 1.54) is 6.07 Å². The Balaban J connectivity index is 1.74. The summed E-state index contributed by atoms with van der Waals surface area (Å²) in [5.74, 6) is -0.764. The van der Waals surface area contributed by atoms with Crippen LogP contribution in [0.1, 0.15) is 12.8 Å². The number of Topliss-reactive ketones (excluding diaryl/α,β-unsaturated/α-hetero) is 1. The average molecular weight is 392 g/mol. The molecule has 2 heterocycles. The highest BCUT2D eigenvalue weighted by Gasteiger charge is 2.13. The zero-order valence-corrected chi connectivity index (χ0v) is 15.8. The zero-order chi connectivity index (χ0) is 20.6. The fourth-order valence-electron chi connectivity index (χ4n) is 2.67. The van der Waals surface area contributed by atoms with E-state index < -0.39 is 11.7 Å². The van der Waals surface area contributed by atoms with E-state index in [0.29, 0.717) is 35.8 Å². The number of pyridine rings is 1. The van der Waals surface area contributed by atoms with Gasteiger partial charge >= 0.3 is 0 Å². The molecule has 0 unspecified atom stereocenters. The van der Waals surface area contributed by atoms with Crippen molar-refractivity contribution in [2.45, 2.75) is 12.8 Å². The molecule has 2 N–H and O–H groups in total. The largest absolute Gasteiger partial charge is 0.385 e. The van der Waals surface area contributed by atoms with Crippen LogP contribution in [0.5, 0.6) is 0 Å². The van der Waals surface area contributed by atoms with Crippen molar-refractivity contribution in [3.05, 3.63) is 65.2 Å². The van der Waals surface area contributed by atoms with Crippen molar-refractivity contribution in [2.24, 2.45) is 0 Å². The van der Waals surface area contributed by atoms with Gasteiger partial charge < -0.3 is 15.0 Å². The number of H-pyrrole nitrogens is 1. The summed E-state index contributed by atoms with van der Waals surface area (Å²) in [6.45, 7) is 0.428. The molecule has 0 aliphatic carbocycles. The van der Waals surface area contributed by atoms with Crippen molar-refractivity contribution in [1.82, 2.24) is 15.0 Å². The summed E-state index contributed by atoms with van der Waals surface area (Å²) in [6, 6.07) is 11.7. The highest BCUT2D eigenvalue weighted by atomic mass is 16.5. The fourth-order valence-corrected chi connectivity index (χ4v) is 2.67. The molecule has 148 valence electrons. The van der Waals surface area contributed by atoms with E-state index in [9.17, 15) is 14.4 Å². The minimum absolute atomic E-state index is 0.130. The summed E-state index contributed by atoms with van der Waals surface area (Å²) in [5, 5.41) is 2.57. The van der Waals surface area contributed by atoms with Crippen LogP contribution in [-0.2, 0) is 14.3 Å². The number of rotatable bonds is 8. The van der Waals surface area contributed by atoms with Gasteiger partial charge in [-0.3, -0.25) is 19.4 Å². The number of hydrogen-bond acceptors (Lipinski definition) is 6. The van der Waals surface area contributed by atoms with Gasteiger partial charge in [0.25, 0.3) is 11.5 Å². The van der Waals surface area contributed by atoms with E-state index in [2.05, 4.69) is 20.3 Å². The maximum Gasteiger partial charge on any atom is 0.291 e. The summed E-state index contributed by atoms with van der Waals surface area (Å²) < 4.78 is 4.87. The summed E-state index contributed by atoms with van der Waals surface area (Å²) in [7, 11) is 1.54. The Morgan fingerprint density at radius 2 is 1.79 bits per heavy atom. The van der Waals surface area contributed by atoms with E-state index >= 15 is 0 Å². The average Bonchev–Trinajstić information content (AvgIpc) is 2.74. The lowest BCUT2D eigenvalue weighted by Crippen LogP contribution is -2.22. The second-order valence-electron chi connectivity index (χ2n) is 6.27. The van der Waals surface area contributed by atoms with E-state index in [-0.39, 0.29) is 12.0 Å². The Bertz CT molecular complexity index is 1050. The molecule has 0 aliphatic heterocycles. The minimum atomic E-state index is -0.667. The zero-order valence-electron chi connectivity index (χ0n) is 15.8. The van der Waals surface area contributed by atoms with Crippen LogP contribution in [0, 0.1) is 0 Å². The third-order valence-electron chi connectivity index (χ3n) is 4.14. The number of hydrogen-bond donors (Lipinski definition) is 2. The first kappa shape index (κ1) is 20.1. The lowest BCUT2D eigenvalue weighted by Gasteiger charge is -2.07. The monoisotopic (exact) mass is 392 g/mol. The number of carbonyl (C=O) groups excluding carboxylic acids is 2. The van der Waals surface area contributed by atoms with Crippen LogP contribution >= 0.6 is 0 Å². The number of aromatic nitrogens is 3. The highest BCUT2D eigenvalue weighted by Crippen LogP contribution is 2.20. The molecule has 0 atom stereocenters. The normalized spacial score (nSPS) is 10.5. The molecule has 0 aliphatic rings. The first-order chi connectivity index (χ1) is 14.1. The van der Waals surface area contributed by atoms with Crippen LogP contribution in [0.4, 0.5) is 5.69 Å². The molecule has 1 amide bonds. The molecule has 29 heavy (non-hydrogen) atoms. The number of benzene rings is 1. The number of methoxy groups -OCH3 is 1. The first-order valence-corrected chi connectivity index (χ1v) is 9.02. The van der Waals surface area contributed by atoms with Gasteiger partial charge in [0.15, 0.2) is 0 Å². The fraction of sp³-hybridized carbons (Fsp3) is 0.190. The Morgan fingerprint density at radius 3 is 2.48 bits per heavy atom. The van der Waals surface area contributed by atoms with Gasteiger partial charge in [-0.1, -0.05) is 0 Å². The number of nitrogens with zero attached hydrogens (tertiary/aromatic N) is 2. The van der Waals surface area contributed by atoms with Crippen LogP contribution < -0.4 is 10.9 Å². The van der Waals surface area contributed by atoms with Crippen molar-refractivity contribution < 1.29 is 14.3 Å². The SMILES string of the molecule is COCCCC(=O)C(=O)Nc1ccc(-c2nc(-c3ccncc3)cc(=O)[nH]2)cc1. The predicted molar refractivity (Wildman–Crippen MR) is 108 cm³/mol. The van der Waals surface area contributed by atoms with Crippen molar-refractivity contribution in [3.63, 3.8) is 0 Å². The Labute approximate surface area is 167 Å². The first-order valence-electron chi connectivity index (χ1n) is 9.02. The van der Waals surface area contributed by atoms with Gasteiger partial charge in [-0.2, -0.15) is 0 Å². The predicted octanol–water partition coefficient (Wildman–Crippen LogP) is 2.43. The number of carbonyl (C=O) groups is 2. The summed E-state index contributed by atoms with van der Waals surface area (Å²) >= 11 is 0. The molecule has 1 aromatic carbocycles. The molecule has 0 bridgehead atoms. The lowest BCUT2D eigenvalue weighted by atomic mass is 10.1. The van der Waals surface area contributed by atoms with Gasteiger partial charge in [-0.15, -0.1) is 0 Å². The third kappa shape index (κ3) is 5.43. The Hall–Kier alpha value is -3.65. The number of aromatic amines is 1. The number of anilines is 1. The van der Waals surface area contributed by atoms with Crippen LogP contribution in [0.2, 0.25) is 0 Å². The second-order valence-corrected chi connectivity index (χ2v) is 6.27. The molecule has 3 aromatic rings. The summed E-state index contributed by atoms with van der Waals surface area (Å²) in [5.41, 5.74) is 2.18. The third-order valence-corrected chi connectivity index (χ3v) is 4.14. The molecule has 8 heteroatoms. The lowest BCUT2D eigenvalue weighted by molar-refractivity contribution is -0.135.